The van der Waals surface area contributed by atoms with Crippen LogP contribution in [0.5, 0.6) is 0 Å². The van der Waals surface area contributed by atoms with E-state index in [4.69, 9.17) is 0 Å². The van der Waals surface area contributed by atoms with Crippen molar-refractivity contribution in [2.75, 3.05) is 5.32 Å². The quantitative estimate of drug-likeness (QED) is 0.359. The van der Waals surface area contributed by atoms with Gasteiger partial charge in [0.15, 0.2) is 0 Å². The molecule has 0 radical (unpaired) electrons. The van der Waals surface area contributed by atoms with Gasteiger partial charge in [-0.1, -0.05) is 34.1 Å². The normalized spacial score (nSPS) is 11.0. The molecule has 0 saturated heterocycles. The van der Waals surface area contributed by atoms with E-state index in [0.29, 0.717) is 0 Å². The van der Waals surface area contributed by atoms with Gasteiger partial charge < -0.3 is 9.88 Å². The van der Waals surface area contributed by atoms with Crippen LogP contribution in [0.3, 0.4) is 0 Å². The molecule has 0 saturated carbocycles. The molecule has 1 heterocycles. The first-order chi connectivity index (χ1) is 13.3. The average molecular weight is 416 g/mol. The van der Waals surface area contributed by atoms with Crippen molar-refractivity contribution in [3.63, 3.8) is 0 Å². The van der Waals surface area contributed by atoms with E-state index in [1.165, 1.54) is 0 Å². The summed E-state index contributed by atoms with van der Waals surface area (Å²) in [4.78, 5) is 4.62. The van der Waals surface area contributed by atoms with Gasteiger partial charge in [-0.2, -0.15) is 0 Å². The van der Waals surface area contributed by atoms with Gasteiger partial charge in [-0.3, -0.25) is 4.99 Å². The van der Waals surface area contributed by atoms with Crippen LogP contribution in [0.25, 0.3) is 5.69 Å². The van der Waals surface area contributed by atoms with Crippen molar-refractivity contribution < 1.29 is 0 Å². The van der Waals surface area contributed by atoms with Crippen molar-refractivity contribution in [3.8, 4) is 5.69 Å². The van der Waals surface area contributed by atoms with Crippen molar-refractivity contribution in [2.45, 2.75) is 0 Å². The van der Waals surface area contributed by atoms with Gasteiger partial charge in [-0.25, -0.2) is 0 Å². The van der Waals surface area contributed by atoms with Crippen molar-refractivity contribution >= 4 is 39.2 Å². The Hall–Kier alpha value is -3.11. The van der Waals surface area contributed by atoms with Crippen LogP contribution in [0, 0.1) is 0 Å². The lowest BCUT2D eigenvalue weighted by atomic mass is 10.2. The molecule has 4 aromatic rings. The maximum Gasteiger partial charge on any atom is 0.0639 e. The monoisotopic (exact) mass is 415 g/mol. The first-order valence-electron chi connectivity index (χ1n) is 8.67. The fourth-order valence-corrected chi connectivity index (χ4v) is 3.06. The third-order valence-electron chi connectivity index (χ3n) is 4.16. The van der Waals surface area contributed by atoms with Crippen LogP contribution in [0.4, 0.5) is 17.1 Å². The molecule has 1 aromatic heterocycles. The lowest BCUT2D eigenvalue weighted by Gasteiger charge is -2.07. The lowest BCUT2D eigenvalue weighted by Crippen LogP contribution is -1.97. The zero-order chi connectivity index (χ0) is 18.5. The summed E-state index contributed by atoms with van der Waals surface area (Å²) in [5, 5.41) is 3.38. The summed E-state index contributed by atoms with van der Waals surface area (Å²) >= 11 is 3.47. The number of rotatable bonds is 5. The molecule has 27 heavy (non-hydrogen) atoms. The highest BCUT2D eigenvalue weighted by Gasteiger charge is 2.01. The first-order valence-corrected chi connectivity index (χ1v) is 9.47. The molecule has 0 fully saturated rings. The number of nitrogens with zero attached hydrogens (tertiary/aromatic N) is 2. The predicted molar refractivity (Wildman–Crippen MR) is 117 cm³/mol. The van der Waals surface area contributed by atoms with E-state index in [1.54, 1.807) is 0 Å². The van der Waals surface area contributed by atoms with Crippen LogP contribution in [-0.2, 0) is 0 Å². The SMILES string of the molecule is Brc1ccc(-n2cccc2C=Nc2ccc(Nc3ccccc3)cc2)cc1. The second kappa shape index (κ2) is 8.06. The van der Waals surface area contributed by atoms with Gasteiger partial charge >= 0.3 is 0 Å². The molecule has 4 heteroatoms. The zero-order valence-corrected chi connectivity index (χ0v) is 16.2. The molecule has 0 aliphatic heterocycles. The summed E-state index contributed by atoms with van der Waals surface area (Å²) < 4.78 is 3.18. The Balaban J connectivity index is 1.49. The molecular weight excluding hydrogens is 398 g/mol. The number of aromatic nitrogens is 1. The predicted octanol–water partition coefficient (Wildman–Crippen LogP) is 6.73. The number of anilines is 2. The van der Waals surface area contributed by atoms with Crippen molar-refractivity contribution in [1.82, 2.24) is 4.57 Å². The molecular formula is C23H18BrN3. The molecule has 4 rings (SSSR count). The molecule has 1 N–H and O–H groups in total. The van der Waals surface area contributed by atoms with E-state index in [-0.39, 0.29) is 0 Å². The second-order valence-electron chi connectivity index (χ2n) is 6.08. The van der Waals surface area contributed by atoms with Crippen LogP contribution in [-0.4, -0.2) is 10.8 Å². The Morgan fingerprint density at radius 1 is 0.741 bits per heavy atom. The van der Waals surface area contributed by atoms with E-state index < -0.39 is 0 Å². The minimum Gasteiger partial charge on any atom is -0.356 e. The fourth-order valence-electron chi connectivity index (χ4n) is 2.80. The van der Waals surface area contributed by atoms with Crippen molar-refractivity contribution in [2.24, 2.45) is 4.99 Å². The van der Waals surface area contributed by atoms with E-state index in [1.807, 2.05) is 85.2 Å². The number of halogens is 1. The molecule has 3 aromatic carbocycles. The first kappa shape index (κ1) is 17.3. The molecule has 0 amide bonds. The maximum absolute atomic E-state index is 4.62. The molecule has 0 spiro atoms. The van der Waals surface area contributed by atoms with Crippen molar-refractivity contribution in [1.29, 1.82) is 0 Å². The Morgan fingerprint density at radius 3 is 2.19 bits per heavy atom. The van der Waals surface area contributed by atoms with Crippen LogP contribution in [0.15, 0.2) is 107 Å². The van der Waals surface area contributed by atoms with Crippen LogP contribution in [0.2, 0.25) is 0 Å². The topological polar surface area (TPSA) is 29.3 Å². The van der Waals surface area contributed by atoms with Gasteiger partial charge in [0, 0.05) is 27.7 Å². The molecule has 0 aliphatic carbocycles. The van der Waals surface area contributed by atoms with Gasteiger partial charge in [0.25, 0.3) is 0 Å². The standard InChI is InChI=1S/C23H18BrN3/c24-18-8-14-22(15-9-18)27-16-4-7-23(27)17-25-19-10-12-21(13-11-19)26-20-5-2-1-3-6-20/h1-17,26H. The highest BCUT2D eigenvalue weighted by Crippen LogP contribution is 2.21. The maximum atomic E-state index is 4.62. The van der Waals surface area contributed by atoms with Gasteiger partial charge in [0.2, 0.25) is 0 Å². The number of benzene rings is 3. The number of aliphatic imine (C=N–C) groups is 1. The third kappa shape index (κ3) is 4.36. The van der Waals surface area contributed by atoms with Crippen LogP contribution in [0.1, 0.15) is 5.69 Å². The Morgan fingerprint density at radius 2 is 1.44 bits per heavy atom. The molecule has 0 atom stereocenters. The van der Waals surface area contributed by atoms with Gasteiger partial charge in [-0.05, 0) is 72.8 Å². The summed E-state index contributed by atoms with van der Waals surface area (Å²) in [6, 6.07) is 30.5. The highest BCUT2D eigenvalue weighted by molar-refractivity contribution is 9.10. The number of nitrogens with one attached hydrogen (secondary N) is 1. The number of hydrogen-bond acceptors (Lipinski definition) is 2. The minimum atomic E-state index is 0.914. The molecule has 3 nitrogen and oxygen atoms in total. The van der Waals surface area contributed by atoms with Crippen LogP contribution < -0.4 is 5.32 Å². The minimum absolute atomic E-state index is 0.914. The number of hydrogen-bond donors (Lipinski definition) is 1. The fraction of sp³-hybridized carbons (Fsp3) is 0. The zero-order valence-electron chi connectivity index (χ0n) is 14.6. The summed E-state index contributed by atoms with van der Waals surface area (Å²) in [7, 11) is 0. The van der Waals surface area contributed by atoms with E-state index >= 15 is 0 Å². The molecule has 0 unspecified atom stereocenters. The summed E-state index contributed by atoms with van der Waals surface area (Å²) in [6.45, 7) is 0. The Labute approximate surface area is 167 Å². The smallest absolute Gasteiger partial charge is 0.0639 e. The molecule has 132 valence electrons. The summed E-state index contributed by atoms with van der Waals surface area (Å²) in [6.07, 6.45) is 3.93. The molecule has 0 bridgehead atoms. The molecule has 0 aliphatic rings. The second-order valence-corrected chi connectivity index (χ2v) is 6.99. The van der Waals surface area contributed by atoms with Crippen LogP contribution >= 0.6 is 15.9 Å². The van der Waals surface area contributed by atoms with Gasteiger partial charge in [0.1, 0.15) is 0 Å². The van der Waals surface area contributed by atoms with Gasteiger partial charge in [-0.15, -0.1) is 0 Å². The Kier molecular flexibility index (Phi) is 5.17. The van der Waals surface area contributed by atoms with E-state index in [0.717, 1.165) is 32.9 Å². The summed E-state index contributed by atoms with van der Waals surface area (Å²) in [5.41, 5.74) is 5.16. The van der Waals surface area contributed by atoms with E-state index in [2.05, 4.69) is 49.0 Å². The Bertz CT molecular complexity index is 1030. The number of para-hydroxylation sites is 1. The highest BCUT2D eigenvalue weighted by atomic mass is 79.9. The van der Waals surface area contributed by atoms with E-state index in [9.17, 15) is 0 Å². The van der Waals surface area contributed by atoms with Crippen molar-refractivity contribution in [3.05, 3.63) is 107 Å². The largest absolute Gasteiger partial charge is 0.356 e. The average Bonchev–Trinajstić information content (AvgIpc) is 3.17. The summed E-state index contributed by atoms with van der Waals surface area (Å²) in [5.74, 6) is 0. The third-order valence-corrected chi connectivity index (χ3v) is 4.69. The van der Waals surface area contributed by atoms with Gasteiger partial charge in [0.05, 0.1) is 17.6 Å². The lowest BCUT2D eigenvalue weighted by molar-refractivity contribution is 1.07.